The summed E-state index contributed by atoms with van der Waals surface area (Å²) in [6.07, 6.45) is 5.07. The molecular formula is C20H16N4O2S2. The van der Waals surface area contributed by atoms with Gasteiger partial charge in [-0.2, -0.15) is 0 Å². The topological polar surface area (TPSA) is 60.1 Å². The third-order valence-corrected chi connectivity index (χ3v) is 5.83. The van der Waals surface area contributed by atoms with Gasteiger partial charge in [-0.05, 0) is 36.8 Å². The van der Waals surface area contributed by atoms with Crippen LogP contribution in [-0.4, -0.2) is 24.6 Å². The number of pyridine rings is 1. The highest BCUT2D eigenvalue weighted by molar-refractivity contribution is 8.27. The smallest absolute Gasteiger partial charge is 0.283 e. The van der Waals surface area contributed by atoms with Crippen molar-refractivity contribution in [1.29, 1.82) is 0 Å². The fourth-order valence-electron chi connectivity index (χ4n) is 3.08. The molecule has 28 heavy (non-hydrogen) atoms. The van der Waals surface area contributed by atoms with Gasteiger partial charge in [-0.15, -0.1) is 0 Å². The lowest BCUT2D eigenvalue weighted by atomic mass is 10.2. The molecule has 0 spiro atoms. The highest BCUT2D eigenvalue weighted by Crippen LogP contribution is 2.36. The summed E-state index contributed by atoms with van der Waals surface area (Å²) in [6, 6.07) is 13.0. The molecule has 1 saturated heterocycles. The van der Waals surface area contributed by atoms with Crippen molar-refractivity contribution < 1.29 is 4.79 Å². The number of para-hydroxylation sites is 1. The first-order valence-electron chi connectivity index (χ1n) is 8.51. The Morgan fingerprint density at radius 1 is 1.11 bits per heavy atom. The number of hydrogen-bond donors (Lipinski definition) is 0. The summed E-state index contributed by atoms with van der Waals surface area (Å²) in [6.45, 7) is 1.81. The minimum atomic E-state index is -0.301. The van der Waals surface area contributed by atoms with Crippen molar-refractivity contribution >= 4 is 46.0 Å². The summed E-state index contributed by atoms with van der Waals surface area (Å²) < 4.78 is 3.61. The highest BCUT2D eigenvalue weighted by atomic mass is 32.2. The summed E-state index contributed by atoms with van der Waals surface area (Å²) in [5, 5.41) is 0. The van der Waals surface area contributed by atoms with Crippen molar-refractivity contribution in [3.8, 4) is 5.69 Å². The Morgan fingerprint density at radius 3 is 2.54 bits per heavy atom. The Balaban J connectivity index is 1.80. The number of rotatable bonds is 3. The van der Waals surface area contributed by atoms with E-state index >= 15 is 0 Å². The van der Waals surface area contributed by atoms with Crippen molar-refractivity contribution in [2.75, 3.05) is 4.90 Å². The molecule has 0 radical (unpaired) electrons. The lowest BCUT2D eigenvalue weighted by Gasteiger charge is -2.12. The van der Waals surface area contributed by atoms with Gasteiger partial charge in [-0.25, -0.2) is 4.68 Å². The number of nitrogens with zero attached hydrogens (tertiary/aromatic N) is 4. The molecule has 0 saturated carbocycles. The third-order valence-electron chi connectivity index (χ3n) is 4.52. The van der Waals surface area contributed by atoms with Crippen molar-refractivity contribution in [3.05, 3.63) is 81.4 Å². The van der Waals surface area contributed by atoms with E-state index in [1.54, 1.807) is 43.2 Å². The lowest BCUT2D eigenvalue weighted by molar-refractivity contribution is -0.113. The zero-order valence-corrected chi connectivity index (χ0v) is 16.8. The van der Waals surface area contributed by atoms with Gasteiger partial charge in [0.05, 0.1) is 16.3 Å². The number of thioether (sulfide) groups is 1. The maximum Gasteiger partial charge on any atom is 0.296 e. The van der Waals surface area contributed by atoms with Crippen LogP contribution < -0.4 is 10.5 Å². The van der Waals surface area contributed by atoms with Gasteiger partial charge in [-0.1, -0.05) is 48.2 Å². The van der Waals surface area contributed by atoms with E-state index in [0.717, 1.165) is 11.3 Å². The van der Waals surface area contributed by atoms with Crippen LogP contribution >= 0.6 is 24.0 Å². The molecule has 1 aliphatic rings. The van der Waals surface area contributed by atoms with Gasteiger partial charge in [-0.3, -0.25) is 24.2 Å². The fourth-order valence-corrected chi connectivity index (χ4v) is 4.36. The van der Waals surface area contributed by atoms with Gasteiger partial charge >= 0.3 is 0 Å². The van der Waals surface area contributed by atoms with Crippen molar-refractivity contribution in [1.82, 2.24) is 14.3 Å². The minimum Gasteiger partial charge on any atom is -0.283 e. The first-order valence-corrected chi connectivity index (χ1v) is 9.73. The number of benzene rings is 1. The van der Waals surface area contributed by atoms with Crippen LogP contribution in [0.3, 0.4) is 0 Å². The van der Waals surface area contributed by atoms with Gasteiger partial charge in [0.25, 0.3) is 11.5 Å². The Bertz CT molecular complexity index is 1160. The zero-order valence-electron chi connectivity index (χ0n) is 15.2. The maximum absolute atomic E-state index is 13.2. The molecule has 6 nitrogen and oxygen atoms in total. The molecule has 0 unspecified atom stereocenters. The molecule has 1 aromatic carbocycles. The molecule has 8 heteroatoms. The third kappa shape index (κ3) is 3.00. The minimum absolute atomic E-state index is 0.281. The second-order valence-electron chi connectivity index (χ2n) is 6.21. The van der Waals surface area contributed by atoms with E-state index in [0.29, 0.717) is 14.9 Å². The molecule has 3 heterocycles. The van der Waals surface area contributed by atoms with E-state index in [-0.39, 0.29) is 17.2 Å². The summed E-state index contributed by atoms with van der Waals surface area (Å²) >= 11 is 6.62. The van der Waals surface area contributed by atoms with E-state index < -0.39 is 0 Å². The summed E-state index contributed by atoms with van der Waals surface area (Å²) in [4.78, 5) is 32.1. The molecule has 0 N–H and O–H groups in total. The Labute approximate surface area is 171 Å². The molecule has 4 rings (SSSR count). The monoisotopic (exact) mass is 408 g/mol. The normalized spacial score (nSPS) is 15.6. The molecule has 1 amide bonds. The van der Waals surface area contributed by atoms with Gasteiger partial charge < -0.3 is 0 Å². The number of carbonyl (C=O) groups is 1. The highest BCUT2D eigenvalue weighted by Gasteiger charge is 2.37. The number of hydrogen-bond acceptors (Lipinski definition) is 5. The standard InChI is InChI=1S/C20H16N4O2S2/c1-13-17(19(26)24(22(13)2)15-8-4-3-5-9-15)23-18(25)16(28-20(23)27)11-14-7-6-10-21-12-14/h3-12H,1-2H3. The molecule has 0 atom stereocenters. The van der Waals surface area contributed by atoms with E-state index in [1.165, 1.54) is 21.3 Å². The number of thiocarbonyl (C=S) groups is 1. The largest absolute Gasteiger partial charge is 0.296 e. The fraction of sp³-hybridized carbons (Fsp3) is 0.100. The van der Waals surface area contributed by atoms with Crippen LogP contribution in [0.5, 0.6) is 0 Å². The molecule has 0 bridgehead atoms. The molecular weight excluding hydrogens is 392 g/mol. The molecule has 1 aliphatic heterocycles. The number of aromatic nitrogens is 3. The summed E-state index contributed by atoms with van der Waals surface area (Å²) in [5.41, 5.74) is 2.18. The molecule has 1 fully saturated rings. The second-order valence-corrected chi connectivity index (χ2v) is 7.89. The van der Waals surface area contributed by atoms with Gasteiger partial charge in [0.2, 0.25) is 0 Å². The average Bonchev–Trinajstić information content (AvgIpc) is 3.09. The number of amides is 1. The molecule has 3 aromatic rings. The maximum atomic E-state index is 13.2. The Kier molecular flexibility index (Phi) is 4.74. The predicted molar refractivity (Wildman–Crippen MR) is 116 cm³/mol. The summed E-state index contributed by atoms with van der Waals surface area (Å²) in [5.74, 6) is -0.301. The molecule has 0 aliphatic carbocycles. The quantitative estimate of drug-likeness (QED) is 0.492. The van der Waals surface area contributed by atoms with Gasteiger partial charge in [0.15, 0.2) is 4.32 Å². The van der Waals surface area contributed by atoms with Crippen LogP contribution in [0.25, 0.3) is 11.8 Å². The van der Waals surface area contributed by atoms with Crippen LogP contribution in [0.15, 0.2) is 64.6 Å². The van der Waals surface area contributed by atoms with Gasteiger partial charge in [0, 0.05) is 19.4 Å². The van der Waals surface area contributed by atoms with E-state index in [2.05, 4.69) is 4.98 Å². The van der Waals surface area contributed by atoms with Crippen LogP contribution in [0.2, 0.25) is 0 Å². The first-order chi connectivity index (χ1) is 13.5. The summed E-state index contributed by atoms with van der Waals surface area (Å²) in [7, 11) is 1.79. The Hall–Kier alpha value is -2.97. The molecule has 140 valence electrons. The van der Waals surface area contributed by atoms with Crippen LogP contribution in [0.4, 0.5) is 5.69 Å². The van der Waals surface area contributed by atoms with E-state index in [4.69, 9.17) is 12.2 Å². The van der Waals surface area contributed by atoms with E-state index in [1.807, 2.05) is 36.4 Å². The van der Waals surface area contributed by atoms with Crippen LogP contribution in [0, 0.1) is 6.92 Å². The van der Waals surface area contributed by atoms with Crippen molar-refractivity contribution in [2.45, 2.75) is 6.92 Å². The lowest BCUT2D eigenvalue weighted by Crippen LogP contribution is -2.33. The number of anilines is 1. The average molecular weight is 409 g/mol. The van der Waals surface area contributed by atoms with E-state index in [9.17, 15) is 9.59 Å². The molecule has 2 aromatic heterocycles. The van der Waals surface area contributed by atoms with Crippen LogP contribution in [0.1, 0.15) is 11.3 Å². The number of carbonyl (C=O) groups excluding carboxylic acids is 1. The van der Waals surface area contributed by atoms with Crippen molar-refractivity contribution in [2.24, 2.45) is 7.05 Å². The predicted octanol–water partition coefficient (Wildman–Crippen LogP) is 3.29. The van der Waals surface area contributed by atoms with Crippen molar-refractivity contribution in [3.63, 3.8) is 0 Å². The van der Waals surface area contributed by atoms with Gasteiger partial charge in [0.1, 0.15) is 5.69 Å². The van der Waals surface area contributed by atoms with Crippen LogP contribution in [-0.2, 0) is 11.8 Å². The Morgan fingerprint density at radius 2 is 1.86 bits per heavy atom. The first kappa shape index (κ1) is 18.4. The second kappa shape index (κ2) is 7.21. The SMILES string of the molecule is Cc1c(N2C(=O)C(=Cc3cccnc3)SC2=S)c(=O)n(-c2ccccc2)n1C. The zero-order chi connectivity index (χ0) is 19.8.